The molecule has 1 aliphatic heterocycles. The molecule has 17 heavy (non-hydrogen) atoms. The Kier molecular flexibility index (Phi) is 4.83. The Morgan fingerprint density at radius 2 is 2.06 bits per heavy atom. The average Bonchev–Trinajstić information content (AvgIpc) is 2.38. The molecule has 1 fully saturated rings. The minimum atomic E-state index is 0.341. The second-order valence-electron chi connectivity index (χ2n) is 4.77. The van der Waals surface area contributed by atoms with Gasteiger partial charge in [0, 0.05) is 12.6 Å². The van der Waals surface area contributed by atoms with Gasteiger partial charge in [0.2, 0.25) is 0 Å². The molecule has 1 heterocycles. The van der Waals surface area contributed by atoms with Crippen molar-refractivity contribution in [1.82, 2.24) is 10.6 Å². The molecule has 1 aromatic carbocycles. The first-order valence-corrected chi connectivity index (χ1v) is 6.56. The minimum Gasteiger partial charge on any atom is -0.508 e. The molecule has 0 aliphatic carbocycles. The van der Waals surface area contributed by atoms with Crippen molar-refractivity contribution in [3.63, 3.8) is 0 Å². The Hall–Kier alpha value is -1.06. The lowest BCUT2D eigenvalue weighted by Gasteiger charge is -2.23. The number of phenols is 1. The molecule has 0 radical (unpaired) electrons. The summed E-state index contributed by atoms with van der Waals surface area (Å²) >= 11 is 0. The van der Waals surface area contributed by atoms with Gasteiger partial charge in [-0.25, -0.2) is 0 Å². The summed E-state index contributed by atoms with van der Waals surface area (Å²) < 4.78 is 0. The number of nitrogens with one attached hydrogen (secondary N) is 2. The van der Waals surface area contributed by atoms with Gasteiger partial charge >= 0.3 is 0 Å². The predicted molar refractivity (Wildman–Crippen MR) is 70.3 cm³/mol. The van der Waals surface area contributed by atoms with E-state index in [4.69, 9.17) is 0 Å². The van der Waals surface area contributed by atoms with Crippen LogP contribution in [0.1, 0.15) is 24.8 Å². The standard InChI is InChI=1S/C14H22N2O/c17-14-6-4-12(5-7-14)8-10-15-11-13-3-1-2-9-16-13/h4-7,13,15-17H,1-3,8-11H2. The summed E-state index contributed by atoms with van der Waals surface area (Å²) in [4.78, 5) is 0. The molecule has 0 spiro atoms. The van der Waals surface area contributed by atoms with E-state index in [2.05, 4.69) is 10.6 Å². The topological polar surface area (TPSA) is 44.3 Å². The smallest absolute Gasteiger partial charge is 0.115 e. The van der Waals surface area contributed by atoms with E-state index in [-0.39, 0.29) is 0 Å². The van der Waals surface area contributed by atoms with E-state index in [0.717, 1.165) is 19.5 Å². The van der Waals surface area contributed by atoms with Crippen molar-refractivity contribution in [2.45, 2.75) is 31.7 Å². The number of hydrogen-bond donors (Lipinski definition) is 3. The van der Waals surface area contributed by atoms with Crippen molar-refractivity contribution in [1.29, 1.82) is 0 Å². The van der Waals surface area contributed by atoms with Crippen LogP contribution in [0.25, 0.3) is 0 Å². The number of hydrogen-bond acceptors (Lipinski definition) is 3. The predicted octanol–water partition coefficient (Wildman–Crippen LogP) is 1.67. The van der Waals surface area contributed by atoms with Crippen molar-refractivity contribution in [3.8, 4) is 5.75 Å². The van der Waals surface area contributed by atoms with Crippen LogP contribution >= 0.6 is 0 Å². The normalized spacial score (nSPS) is 20.4. The van der Waals surface area contributed by atoms with Gasteiger partial charge < -0.3 is 15.7 Å². The minimum absolute atomic E-state index is 0.341. The number of rotatable bonds is 5. The summed E-state index contributed by atoms with van der Waals surface area (Å²) in [5, 5.41) is 16.2. The van der Waals surface area contributed by atoms with Crippen molar-refractivity contribution < 1.29 is 5.11 Å². The van der Waals surface area contributed by atoms with Crippen molar-refractivity contribution in [3.05, 3.63) is 29.8 Å². The third kappa shape index (κ3) is 4.36. The van der Waals surface area contributed by atoms with Crippen LogP contribution in [0.3, 0.4) is 0 Å². The monoisotopic (exact) mass is 234 g/mol. The molecule has 2 rings (SSSR count). The summed E-state index contributed by atoms with van der Waals surface area (Å²) in [7, 11) is 0. The molecule has 0 bridgehead atoms. The molecule has 3 N–H and O–H groups in total. The Morgan fingerprint density at radius 3 is 2.76 bits per heavy atom. The quantitative estimate of drug-likeness (QED) is 0.679. The zero-order valence-electron chi connectivity index (χ0n) is 10.3. The molecule has 1 aliphatic rings. The van der Waals surface area contributed by atoms with E-state index in [1.54, 1.807) is 12.1 Å². The van der Waals surface area contributed by atoms with E-state index in [0.29, 0.717) is 11.8 Å². The van der Waals surface area contributed by atoms with Crippen molar-refractivity contribution >= 4 is 0 Å². The van der Waals surface area contributed by atoms with Gasteiger partial charge in [0.1, 0.15) is 5.75 Å². The van der Waals surface area contributed by atoms with Crippen LogP contribution in [0, 0.1) is 0 Å². The lowest BCUT2D eigenvalue weighted by molar-refractivity contribution is 0.384. The summed E-state index contributed by atoms with van der Waals surface area (Å²) in [5.74, 6) is 0.341. The Bertz CT molecular complexity index is 317. The molecule has 3 heteroatoms. The van der Waals surface area contributed by atoms with E-state index in [1.807, 2.05) is 12.1 Å². The van der Waals surface area contributed by atoms with Crippen LogP contribution < -0.4 is 10.6 Å². The van der Waals surface area contributed by atoms with Crippen LogP contribution in [0.4, 0.5) is 0 Å². The van der Waals surface area contributed by atoms with Gasteiger partial charge in [-0.3, -0.25) is 0 Å². The van der Waals surface area contributed by atoms with Crippen LogP contribution in [0.5, 0.6) is 5.75 Å². The zero-order valence-corrected chi connectivity index (χ0v) is 10.3. The van der Waals surface area contributed by atoms with Gasteiger partial charge in [-0.05, 0) is 50.0 Å². The highest BCUT2D eigenvalue weighted by atomic mass is 16.3. The fraction of sp³-hybridized carbons (Fsp3) is 0.571. The molecule has 3 nitrogen and oxygen atoms in total. The highest BCUT2D eigenvalue weighted by Gasteiger charge is 2.10. The average molecular weight is 234 g/mol. The first-order chi connectivity index (χ1) is 8.34. The molecule has 94 valence electrons. The third-order valence-corrected chi connectivity index (χ3v) is 3.33. The van der Waals surface area contributed by atoms with Crippen LogP contribution in [0.15, 0.2) is 24.3 Å². The summed E-state index contributed by atoms with van der Waals surface area (Å²) in [5.41, 5.74) is 1.27. The fourth-order valence-corrected chi connectivity index (χ4v) is 2.27. The van der Waals surface area contributed by atoms with Crippen molar-refractivity contribution in [2.24, 2.45) is 0 Å². The highest BCUT2D eigenvalue weighted by Crippen LogP contribution is 2.09. The molecule has 1 saturated heterocycles. The zero-order chi connectivity index (χ0) is 11.9. The first kappa shape index (κ1) is 12.4. The van der Waals surface area contributed by atoms with Crippen LogP contribution in [-0.4, -0.2) is 30.8 Å². The molecule has 1 atom stereocenters. The molecule has 0 aromatic heterocycles. The first-order valence-electron chi connectivity index (χ1n) is 6.56. The number of phenolic OH excluding ortho intramolecular Hbond substituents is 1. The number of piperidine rings is 1. The van der Waals surface area contributed by atoms with E-state index in [9.17, 15) is 5.11 Å². The SMILES string of the molecule is Oc1ccc(CCNCC2CCCCN2)cc1. The Morgan fingerprint density at radius 1 is 1.24 bits per heavy atom. The number of benzene rings is 1. The summed E-state index contributed by atoms with van der Waals surface area (Å²) in [6.45, 7) is 3.24. The van der Waals surface area contributed by atoms with Gasteiger partial charge in [-0.15, -0.1) is 0 Å². The molecule has 0 saturated carbocycles. The van der Waals surface area contributed by atoms with Gasteiger partial charge in [0.15, 0.2) is 0 Å². The molecule has 0 amide bonds. The second kappa shape index (κ2) is 6.62. The van der Waals surface area contributed by atoms with Gasteiger partial charge in [-0.1, -0.05) is 18.6 Å². The Labute approximate surface area is 103 Å². The lowest BCUT2D eigenvalue weighted by Crippen LogP contribution is -2.42. The number of aromatic hydroxyl groups is 1. The lowest BCUT2D eigenvalue weighted by atomic mass is 10.1. The molecular formula is C14H22N2O. The van der Waals surface area contributed by atoms with Gasteiger partial charge in [0.25, 0.3) is 0 Å². The van der Waals surface area contributed by atoms with Crippen LogP contribution in [-0.2, 0) is 6.42 Å². The van der Waals surface area contributed by atoms with E-state index >= 15 is 0 Å². The molecule has 1 unspecified atom stereocenters. The maximum atomic E-state index is 9.17. The van der Waals surface area contributed by atoms with Crippen LogP contribution in [0.2, 0.25) is 0 Å². The summed E-state index contributed by atoms with van der Waals surface area (Å²) in [6, 6.07) is 8.12. The largest absolute Gasteiger partial charge is 0.508 e. The molecule has 1 aromatic rings. The fourth-order valence-electron chi connectivity index (χ4n) is 2.27. The maximum absolute atomic E-state index is 9.17. The van der Waals surface area contributed by atoms with E-state index in [1.165, 1.54) is 31.4 Å². The van der Waals surface area contributed by atoms with Gasteiger partial charge in [-0.2, -0.15) is 0 Å². The maximum Gasteiger partial charge on any atom is 0.115 e. The highest BCUT2D eigenvalue weighted by molar-refractivity contribution is 5.25. The van der Waals surface area contributed by atoms with Gasteiger partial charge in [0.05, 0.1) is 0 Å². The Balaban J connectivity index is 1.60. The molecular weight excluding hydrogens is 212 g/mol. The third-order valence-electron chi connectivity index (χ3n) is 3.33. The second-order valence-corrected chi connectivity index (χ2v) is 4.77. The van der Waals surface area contributed by atoms with Crippen molar-refractivity contribution in [2.75, 3.05) is 19.6 Å². The van der Waals surface area contributed by atoms with E-state index < -0.39 is 0 Å². The summed E-state index contributed by atoms with van der Waals surface area (Å²) in [6.07, 6.45) is 5.00.